The predicted octanol–water partition coefficient (Wildman–Crippen LogP) is 2.77. The molecule has 1 aromatic carbocycles. The summed E-state index contributed by atoms with van der Waals surface area (Å²) in [7, 11) is -2.10. The van der Waals surface area contributed by atoms with Crippen LogP contribution in [0.15, 0.2) is 39.9 Å². The van der Waals surface area contributed by atoms with Crippen molar-refractivity contribution in [1.29, 1.82) is 0 Å². The molecule has 1 heterocycles. The lowest BCUT2D eigenvalue weighted by Gasteiger charge is -2.13. The number of carbonyl (C=O) groups is 1. The van der Waals surface area contributed by atoms with Crippen molar-refractivity contribution in [3.63, 3.8) is 0 Å². The molecule has 0 bridgehead atoms. The number of anilines is 1. The quantitative estimate of drug-likeness (QED) is 0.737. The van der Waals surface area contributed by atoms with E-state index < -0.39 is 10.0 Å². The third-order valence-corrected chi connectivity index (χ3v) is 6.13. The van der Waals surface area contributed by atoms with Crippen LogP contribution in [-0.2, 0) is 21.2 Å². The van der Waals surface area contributed by atoms with Gasteiger partial charge in [-0.25, -0.2) is 13.1 Å². The second kappa shape index (κ2) is 7.55. The van der Waals surface area contributed by atoms with E-state index in [9.17, 15) is 13.2 Å². The zero-order valence-corrected chi connectivity index (χ0v) is 15.5. The van der Waals surface area contributed by atoms with Crippen LogP contribution in [0.2, 0.25) is 0 Å². The molecule has 1 aliphatic carbocycles. The van der Waals surface area contributed by atoms with E-state index in [0.717, 1.165) is 18.4 Å². The maximum atomic E-state index is 12.3. The number of sulfonamides is 1. The molecule has 1 amide bonds. The number of nitrogens with one attached hydrogen (secondary N) is 2. The SMILES string of the molecule is COc1ccc(S(=O)(=O)NC2CC2)cc1NC(=O)CCc1ccsc1. The number of ether oxygens (including phenoxy) is 1. The van der Waals surface area contributed by atoms with Crippen molar-refractivity contribution in [2.75, 3.05) is 12.4 Å². The Hall–Kier alpha value is -1.90. The van der Waals surface area contributed by atoms with E-state index in [4.69, 9.17) is 4.74 Å². The molecule has 1 fully saturated rings. The van der Waals surface area contributed by atoms with Crippen molar-refractivity contribution >= 4 is 33.0 Å². The molecule has 8 heteroatoms. The average Bonchev–Trinajstić information content (AvgIpc) is 3.23. The zero-order chi connectivity index (χ0) is 17.9. The fraction of sp³-hybridized carbons (Fsp3) is 0.353. The fourth-order valence-corrected chi connectivity index (χ4v) is 4.38. The average molecular weight is 380 g/mol. The lowest BCUT2D eigenvalue weighted by molar-refractivity contribution is -0.116. The molecule has 6 nitrogen and oxygen atoms in total. The number of thiophene rings is 1. The molecule has 2 N–H and O–H groups in total. The van der Waals surface area contributed by atoms with Gasteiger partial charge < -0.3 is 10.1 Å². The van der Waals surface area contributed by atoms with Crippen LogP contribution >= 0.6 is 11.3 Å². The highest BCUT2D eigenvalue weighted by Crippen LogP contribution is 2.29. The standard InChI is InChI=1S/C17H20N2O4S2/c1-23-16-6-5-14(25(21,22)19-13-3-4-13)10-15(16)18-17(20)7-2-12-8-9-24-11-12/h5-6,8-11,13,19H,2-4,7H2,1H3,(H,18,20). The van der Waals surface area contributed by atoms with Crippen molar-refractivity contribution in [1.82, 2.24) is 4.72 Å². The summed E-state index contributed by atoms with van der Waals surface area (Å²) < 4.78 is 32.5. The first-order valence-corrected chi connectivity index (χ1v) is 10.4. The highest BCUT2D eigenvalue weighted by Gasteiger charge is 2.28. The highest BCUT2D eigenvalue weighted by atomic mass is 32.2. The molecule has 25 heavy (non-hydrogen) atoms. The van der Waals surface area contributed by atoms with Crippen LogP contribution in [0.25, 0.3) is 0 Å². The Morgan fingerprint density at radius 2 is 2.12 bits per heavy atom. The first-order chi connectivity index (χ1) is 12.0. The largest absolute Gasteiger partial charge is 0.495 e. The molecule has 0 atom stereocenters. The Balaban J connectivity index is 1.72. The van der Waals surface area contributed by atoms with Gasteiger partial charge in [0.15, 0.2) is 0 Å². The Labute approximate surface area is 151 Å². The summed E-state index contributed by atoms with van der Waals surface area (Å²) in [5.41, 5.74) is 1.47. The molecule has 1 aromatic heterocycles. The van der Waals surface area contributed by atoms with Crippen LogP contribution in [-0.4, -0.2) is 27.5 Å². The zero-order valence-electron chi connectivity index (χ0n) is 13.8. The van der Waals surface area contributed by atoms with Crippen molar-refractivity contribution in [3.8, 4) is 5.75 Å². The van der Waals surface area contributed by atoms with Gasteiger partial charge in [0, 0.05) is 12.5 Å². The first-order valence-electron chi connectivity index (χ1n) is 7.99. The number of amides is 1. The van der Waals surface area contributed by atoms with Gasteiger partial charge in [0.05, 0.1) is 17.7 Å². The molecule has 1 aliphatic rings. The van der Waals surface area contributed by atoms with Gasteiger partial charge in [-0.15, -0.1) is 0 Å². The molecular formula is C17H20N2O4S2. The summed E-state index contributed by atoms with van der Waals surface area (Å²) in [6.07, 6.45) is 2.68. The predicted molar refractivity (Wildman–Crippen MR) is 97.6 cm³/mol. The number of hydrogen-bond donors (Lipinski definition) is 2. The van der Waals surface area contributed by atoms with E-state index in [0.29, 0.717) is 24.3 Å². The molecular weight excluding hydrogens is 360 g/mol. The maximum Gasteiger partial charge on any atom is 0.240 e. The van der Waals surface area contributed by atoms with Gasteiger partial charge in [0.1, 0.15) is 5.75 Å². The molecule has 0 saturated heterocycles. The van der Waals surface area contributed by atoms with E-state index in [1.54, 1.807) is 17.4 Å². The first kappa shape index (κ1) is 17.9. The number of benzene rings is 1. The third kappa shape index (κ3) is 4.81. The van der Waals surface area contributed by atoms with Crippen molar-refractivity contribution in [2.24, 2.45) is 0 Å². The van der Waals surface area contributed by atoms with Crippen LogP contribution in [0, 0.1) is 0 Å². The molecule has 1 saturated carbocycles. The topological polar surface area (TPSA) is 84.5 Å². The van der Waals surface area contributed by atoms with Crippen LogP contribution in [0.4, 0.5) is 5.69 Å². The van der Waals surface area contributed by atoms with Crippen molar-refractivity contribution in [2.45, 2.75) is 36.6 Å². The summed E-state index contributed by atoms with van der Waals surface area (Å²) >= 11 is 1.59. The smallest absolute Gasteiger partial charge is 0.240 e. The van der Waals surface area contributed by atoms with E-state index in [1.165, 1.54) is 19.2 Å². The normalized spacial score (nSPS) is 14.3. The molecule has 0 unspecified atom stereocenters. The van der Waals surface area contributed by atoms with Crippen LogP contribution < -0.4 is 14.8 Å². The maximum absolute atomic E-state index is 12.3. The minimum atomic E-state index is -3.58. The van der Waals surface area contributed by atoms with E-state index in [2.05, 4.69) is 10.0 Å². The minimum Gasteiger partial charge on any atom is -0.495 e. The van der Waals surface area contributed by atoms with Gasteiger partial charge in [0.2, 0.25) is 15.9 Å². The van der Waals surface area contributed by atoms with Gasteiger partial charge in [-0.05, 0) is 59.9 Å². The van der Waals surface area contributed by atoms with Gasteiger partial charge in [0.25, 0.3) is 0 Å². The number of methoxy groups -OCH3 is 1. The fourth-order valence-electron chi connectivity index (χ4n) is 2.35. The van der Waals surface area contributed by atoms with Gasteiger partial charge in [-0.2, -0.15) is 11.3 Å². The second-order valence-corrected chi connectivity index (χ2v) is 8.43. The molecule has 0 aliphatic heterocycles. The van der Waals surface area contributed by atoms with Gasteiger partial charge in [-0.3, -0.25) is 4.79 Å². The summed E-state index contributed by atoms with van der Waals surface area (Å²) in [4.78, 5) is 12.3. The molecule has 0 spiro atoms. The van der Waals surface area contributed by atoms with Crippen molar-refractivity contribution in [3.05, 3.63) is 40.6 Å². The monoisotopic (exact) mass is 380 g/mol. The van der Waals surface area contributed by atoms with Crippen LogP contribution in [0.1, 0.15) is 24.8 Å². The number of carbonyl (C=O) groups excluding carboxylic acids is 1. The molecule has 2 aromatic rings. The Morgan fingerprint density at radius 3 is 2.76 bits per heavy atom. The Bertz CT molecular complexity index is 844. The molecule has 3 rings (SSSR count). The van der Waals surface area contributed by atoms with Crippen LogP contribution in [0.3, 0.4) is 0 Å². The highest BCUT2D eigenvalue weighted by molar-refractivity contribution is 7.89. The van der Waals surface area contributed by atoms with Crippen molar-refractivity contribution < 1.29 is 17.9 Å². The van der Waals surface area contributed by atoms with E-state index >= 15 is 0 Å². The molecule has 0 radical (unpaired) electrons. The Kier molecular flexibility index (Phi) is 5.41. The lowest BCUT2D eigenvalue weighted by Crippen LogP contribution is -2.26. The summed E-state index contributed by atoms with van der Waals surface area (Å²) in [5.74, 6) is 0.239. The minimum absolute atomic E-state index is 0.0238. The lowest BCUT2D eigenvalue weighted by atomic mass is 10.2. The summed E-state index contributed by atoms with van der Waals surface area (Å²) in [5, 5.41) is 6.73. The molecule has 134 valence electrons. The number of hydrogen-bond acceptors (Lipinski definition) is 5. The van der Waals surface area contributed by atoms with E-state index in [1.807, 2.05) is 16.8 Å². The number of aryl methyl sites for hydroxylation is 1. The van der Waals surface area contributed by atoms with E-state index in [-0.39, 0.29) is 16.8 Å². The van der Waals surface area contributed by atoms with Gasteiger partial charge >= 0.3 is 0 Å². The summed E-state index contributed by atoms with van der Waals surface area (Å²) in [6.45, 7) is 0. The number of rotatable bonds is 8. The summed E-state index contributed by atoms with van der Waals surface area (Å²) in [6, 6.07) is 6.47. The van der Waals surface area contributed by atoms with Crippen LogP contribution in [0.5, 0.6) is 5.75 Å². The van der Waals surface area contributed by atoms with Gasteiger partial charge in [-0.1, -0.05) is 0 Å². The Morgan fingerprint density at radius 1 is 1.32 bits per heavy atom. The third-order valence-electron chi connectivity index (χ3n) is 3.88. The second-order valence-electron chi connectivity index (χ2n) is 5.94.